The summed E-state index contributed by atoms with van der Waals surface area (Å²) in [5.41, 5.74) is 2.15. The monoisotopic (exact) mass is 503 g/mol. The first-order chi connectivity index (χ1) is 16.3. The van der Waals surface area contributed by atoms with Crippen molar-refractivity contribution in [2.24, 2.45) is 0 Å². The van der Waals surface area contributed by atoms with Gasteiger partial charge in [-0.25, -0.2) is 4.79 Å². The summed E-state index contributed by atoms with van der Waals surface area (Å²) in [5, 5.41) is 13.2. The van der Waals surface area contributed by atoms with E-state index < -0.39 is 17.9 Å². The zero-order valence-corrected chi connectivity index (χ0v) is 20.2. The zero-order valence-electron chi connectivity index (χ0n) is 18.7. The molecule has 0 unspecified atom stereocenters. The predicted molar refractivity (Wildman–Crippen MR) is 130 cm³/mol. The molecule has 3 aromatic carbocycles. The quantitative estimate of drug-likeness (QED) is 0.424. The number of hydrogen-bond donors (Lipinski definition) is 2. The van der Waals surface area contributed by atoms with Crippen molar-refractivity contribution in [2.45, 2.75) is 12.5 Å². The fourth-order valence-corrected chi connectivity index (χ4v) is 4.10. The zero-order chi connectivity index (χ0) is 24.8. The lowest BCUT2D eigenvalue weighted by atomic mass is 9.98. The Kier molecular flexibility index (Phi) is 8.26. The van der Waals surface area contributed by atoms with Crippen molar-refractivity contribution in [2.75, 3.05) is 21.3 Å². The van der Waals surface area contributed by atoms with Crippen LogP contribution in [-0.2, 0) is 16.0 Å². The number of phenols is 1. The van der Waals surface area contributed by atoms with E-state index in [2.05, 4.69) is 5.32 Å². The van der Waals surface area contributed by atoms with Crippen molar-refractivity contribution in [1.82, 2.24) is 5.32 Å². The van der Waals surface area contributed by atoms with Gasteiger partial charge in [-0.05, 0) is 35.4 Å². The highest BCUT2D eigenvalue weighted by molar-refractivity contribution is 6.39. The molecule has 0 bridgehead atoms. The molecule has 1 amide bonds. The Morgan fingerprint density at radius 1 is 0.941 bits per heavy atom. The van der Waals surface area contributed by atoms with E-state index in [4.69, 9.17) is 37.4 Å². The smallest absolute Gasteiger partial charge is 0.328 e. The molecule has 1 atom stereocenters. The highest BCUT2D eigenvalue weighted by Gasteiger charge is 2.25. The number of rotatable bonds is 8. The first-order valence-corrected chi connectivity index (χ1v) is 10.9. The predicted octanol–water partition coefficient (Wildman–Crippen LogP) is 4.90. The second-order valence-corrected chi connectivity index (χ2v) is 8.06. The van der Waals surface area contributed by atoms with Gasteiger partial charge in [0.1, 0.15) is 11.8 Å². The van der Waals surface area contributed by atoms with Gasteiger partial charge in [0.15, 0.2) is 11.5 Å². The fourth-order valence-electron chi connectivity index (χ4n) is 3.53. The number of carbonyl (C=O) groups is 2. The normalized spacial score (nSPS) is 11.4. The minimum atomic E-state index is -0.972. The molecular formula is C25H23Cl2NO6. The molecule has 9 heteroatoms. The number of carbonyl (C=O) groups excluding carboxylic acids is 2. The summed E-state index contributed by atoms with van der Waals surface area (Å²) in [5.74, 6) is -0.412. The molecule has 3 aromatic rings. The average Bonchev–Trinajstić information content (AvgIpc) is 2.83. The minimum Gasteiger partial charge on any atom is -0.504 e. The Balaban J connectivity index is 1.87. The number of aromatic hydroxyl groups is 1. The SMILES string of the molecule is COC(=O)[C@H](Cc1ccc(-c2c(OC)ccc(O)c2OC)cc1)NC(=O)c1c(Cl)cccc1Cl. The molecule has 0 fully saturated rings. The van der Waals surface area contributed by atoms with Gasteiger partial charge in [0, 0.05) is 6.42 Å². The molecule has 34 heavy (non-hydrogen) atoms. The van der Waals surface area contributed by atoms with Crippen LogP contribution in [0.25, 0.3) is 11.1 Å². The third-order valence-electron chi connectivity index (χ3n) is 5.19. The van der Waals surface area contributed by atoms with E-state index in [9.17, 15) is 14.7 Å². The molecule has 7 nitrogen and oxygen atoms in total. The molecule has 3 rings (SSSR count). The highest BCUT2D eigenvalue weighted by atomic mass is 35.5. The van der Waals surface area contributed by atoms with E-state index >= 15 is 0 Å². The minimum absolute atomic E-state index is 0.0194. The number of halogens is 2. The Hall–Kier alpha value is -3.42. The molecule has 0 saturated heterocycles. The van der Waals surface area contributed by atoms with E-state index in [0.717, 1.165) is 11.1 Å². The van der Waals surface area contributed by atoms with Crippen molar-refractivity contribution in [3.05, 3.63) is 75.8 Å². The molecule has 0 heterocycles. The Labute approximate surface area is 207 Å². The van der Waals surface area contributed by atoms with Crippen LogP contribution in [0.3, 0.4) is 0 Å². The molecule has 0 spiro atoms. The van der Waals surface area contributed by atoms with E-state index in [1.807, 2.05) is 0 Å². The molecule has 0 aliphatic rings. The van der Waals surface area contributed by atoms with Gasteiger partial charge < -0.3 is 24.6 Å². The van der Waals surface area contributed by atoms with Gasteiger partial charge in [0.25, 0.3) is 5.91 Å². The maximum Gasteiger partial charge on any atom is 0.328 e. The Morgan fingerprint density at radius 3 is 2.15 bits per heavy atom. The molecule has 0 aliphatic heterocycles. The van der Waals surface area contributed by atoms with Gasteiger partial charge >= 0.3 is 5.97 Å². The van der Waals surface area contributed by atoms with Crippen molar-refractivity contribution in [1.29, 1.82) is 0 Å². The maximum absolute atomic E-state index is 12.8. The number of phenolic OH excluding ortho intramolecular Hbond substituents is 1. The van der Waals surface area contributed by atoms with Crippen LogP contribution < -0.4 is 14.8 Å². The Morgan fingerprint density at radius 2 is 1.59 bits per heavy atom. The number of benzene rings is 3. The van der Waals surface area contributed by atoms with Gasteiger partial charge in [-0.2, -0.15) is 0 Å². The number of hydrogen-bond acceptors (Lipinski definition) is 6. The van der Waals surface area contributed by atoms with Gasteiger partial charge in [-0.1, -0.05) is 53.5 Å². The lowest BCUT2D eigenvalue weighted by molar-refractivity contribution is -0.142. The van der Waals surface area contributed by atoms with Crippen molar-refractivity contribution < 1.29 is 28.9 Å². The standard InChI is InChI=1S/C25H23Cl2NO6/c1-32-20-12-11-19(29)23(33-2)21(20)15-9-7-14(8-10-15)13-18(25(31)34-3)28-24(30)22-16(26)5-4-6-17(22)27/h4-12,18,29H,13H2,1-3H3,(H,28,30)/t18-/m0/s1. The van der Waals surface area contributed by atoms with Gasteiger partial charge in [-0.15, -0.1) is 0 Å². The largest absolute Gasteiger partial charge is 0.504 e. The van der Waals surface area contributed by atoms with Gasteiger partial charge in [0.2, 0.25) is 0 Å². The molecule has 0 radical (unpaired) electrons. The molecule has 0 saturated carbocycles. The van der Waals surface area contributed by atoms with Crippen LogP contribution in [0, 0.1) is 0 Å². The number of nitrogens with one attached hydrogen (secondary N) is 1. The lowest BCUT2D eigenvalue weighted by Gasteiger charge is -2.18. The number of esters is 1. The number of methoxy groups -OCH3 is 3. The lowest BCUT2D eigenvalue weighted by Crippen LogP contribution is -2.43. The third-order valence-corrected chi connectivity index (χ3v) is 5.82. The van der Waals surface area contributed by atoms with Crippen LogP contribution in [0.2, 0.25) is 10.0 Å². The fraction of sp³-hybridized carbons (Fsp3) is 0.200. The van der Waals surface area contributed by atoms with Gasteiger partial charge in [0.05, 0.1) is 42.5 Å². The van der Waals surface area contributed by atoms with Crippen LogP contribution in [0.5, 0.6) is 17.2 Å². The summed E-state index contributed by atoms with van der Waals surface area (Å²) in [6.07, 6.45) is 0.162. The highest BCUT2D eigenvalue weighted by Crippen LogP contribution is 2.43. The van der Waals surface area contributed by atoms with Crippen LogP contribution in [0.4, 0.5) is 0 Å². The Bertz CT molecular complexity index is 1180. The molecule has 0 aromatic heterocycles. The summed E-state index contributed by atoms with van der Waals surface area (Å²) in [6.45, 7) is 0. The maximum atomic E-state index is 12.8. The van der Waals surface area contributed by atoms with Crippen LogP contribution in [-0.4, -0.2) is 44.4 Å². The molecule has 178 valence electrons. The van der Waals surface area contributed by atoms with Crippen molar-refractivity contribution in [3.8, 4) is 28.4 Å². The van der Waals surface area contributed by atoms with Crippen molar-refractivity contribution >= 4 is 35.1 Å². The van der Waals surface area contributed by atoms with Crippen LogP contribution in [0.15, 0.2) is 54.6 Å². The topological polar surface area (TPSA) is 94.1 Å². The number of amides is 1. The summed E-state index contributed by atoms with van der Waals surface area (Å²) in [4.78, 5) is 25.2. The first-order valence-electron chi connectivity index (χ1n) is 10.2. The van der Waals surface area contributed by atoms with Crippen LogP contribution >= 0.6 is 23.2 Å². The second kappa shape index (κ2) is 11.1. The van der Waals surface area contributed by atoms with Crippen LogP contribution in [0.1, 0.15) is 15.9 Å². The summed E-state index contributed by atoms with van der Waals surface area (Å²) in [7, 11) is 4.23. The summed E-state index contributed by atoms with van der Waals surface area (Å²) < 4.78 is 15.6. The first kappa shape index (κ1) is 25.2. The van der Waals surface area contributed by atoms with E-state index in [0.29, 0.717) is 11.3 Å². The van der Waals surface area contributed by atoms with E-state index in [1.165, 1.54) is 39.5 Å². The summed E-state index contributed by atoms with van der Waals surface area (Å²) in [6, 6.07) is 14.1. The third kappa shape index (κ3) is 5.38. The average molecular weight is 504 g/mol. The molecule has 0 aliphatic carbocycles. The molecule has 2 N–H and O–H groups in total. The number of ether oxygens (including phenoxy) is 3. The second-order valence-electron chi connectivity index (χ2n) is 7.24. The van der Waals surface area contributed by atoms with Gasteiger partial charge in [-0.3, -0.25) is 4.79 Å². The molecular weight excluding hydrogens is 481 g/mol. The summed E-state index contributed by atoms with van der Waals surface area (Å²) >= 11 is 12.2. The van der Waals surface area contributed by atoms with Crippen molar-refractivity contribution in [3.63, 3.8) is 0 Å². The van der Waals surface area contributed by atoms with E-state index in [-0.39, 0.29) is 33.5 Å². The van der Waals surface area contributed by atoms with E-state index in [1.54, 1.807) is 36.4 Å².